The van der Waals surface area contributed by atoms with Gasteiger partial charge >= 0.3 is 5.97 Å². The molecule has 0 fully saturated rings. The van der Waals surface area contributed by atoms with Gasteiger partial charge in [0.15, 0.2) is 12.7 Å². The molecular weight excluding hydrogens is 370 g/mol. The van der Waals surface area contributed by atoms with Crippen molar-refractivity contribution in [2.24, 2.45) is 0 Å². The zero-order valence-corrected chi connectivity index (χ0v) is 17.1. The number of amides is 1. The Morgan fingerprint density at radius 3 is 2.52 bits per heavy atom. The SMILES string of the molecule is Cc1cc(C)c(C(=O)[C@H](C)OC(=O)COc2ccc3c(c2)CCC(=O)N3)cc1C. The monoisotopic (exact) mass is 395 g/mol. The second-order valence-electron chi connectivity index (χ2n) is 7.40. The lowest BCUT2D eigenvalue weighted by atomic mass is 9.96. The van der Waals surface area contributed by atoms with E-state index in [9.17, 15) is 14.4 Å². The lowest BCUT2D eigenvalue weighted by Gasteiger charge is -2.18. The van der Waals surface area contributed by atoms with Gasteiger partial charge in [0.2, 0.25) is 11.7 Å². The molecule has 6 nitrogen and oxygen atoms in total. The normalized spacial score (nSPS) is 13.9. The van der Waals surface area contributed by atoms with Gasteiger partial charge in [-0.25, -0.2) is 4.79 Å². The summed E-state index contributed by atoms with van der Waals surface area (Å²) in [6.07, 6.45) is 0.158. The molecule has 29 heavy (non-hydrogen) atoms. The number of esters is 1. The average molecular weight is 395 g/mol. The van der Waals surface area contributed by atoms with E-state index in [0.29, 0.717) is 24.2 Å². The van der Waals surface area contributed by atoms with E-state index in [1.807, 2.05) is 32.9 Å². The molecule has 1 heterocycles. The summed E-state index contributed by atoms with van der Waals surface area (Å²) in [5, 5.41) is 2.79. The number of benzene rings is 2. The third kappa shape index (κ3) is 4.83. The van der Waals surface area contributed by atoms with Crippen LogP contribution in [0.25, 0.3) is 0 Å². The number of rotatable bonds is 6. The number of anilines is 1. The number of ether oxygens (including phenoxy) is 2. The summed E-state index contributed by atoms with van der Waals surface area (Å²) in [4.78, 5) is 36.2. The Bertz CT molecular complexity index is 979. The third-order valence-corrected chi connectivity index (χ3v) is 5.11. The zero-order valence-electron chi connectivity index (χ0n) is 17.1. The number of ketones is 1. The van der Waals surface area contributed by atoms with Crippen molar-refractivity contribution in [1.29, 1.82) is 0 Å². The van der Waals surface area contributed by atoms with Gasteiger partial charge in [0.1, 0.15) is 5.75 Å². The van der Waals surface area contributed by atoms with Crippen LogP contribution < -0.4 is 10.1 Å². The van der Waals surface area contributed by atoms with Crippen LogP contribution in [0.4, 0.5) is 5.69 Å². The summed E-state index contributed by atoms with van der Waals surface area (Å²) in [7, 11) is 0. The molecule has 0 saturated carbocycles. The average Bonchev–Trinajstić information content (AvgIpc) is 2.68. The molecule has 1 N–H and O–H groups in total. The van der Waals surface area contributed by atoms with E-state index in [4.69, 9.17) is 9.47 Å². The van der Waals surface area contributed by atoms with Crippen LogP contribution in [-0.2, 0) is 20.7 Å². The second kappa shape index (κ2) is 8.47. The molecule has 152 valence electrons. The highest BCUT2D eigenvalue weighted by molar-refractivity contribution is 6.01. The third-order valence-electron chi connectivity index (χ3n) is 5.11. The Balaban J connectivity index is 1.57. The minimum absolute atomic E-state index is 0.00703. The smallest absolute Gasteiger partial charge is 0.344 e. The van der Waals surface area contributed by atoms with Crippen LogP contribution in [0.2, 0.25) is 0 Å². The molecule has 0 bridgehead atoms. The Morgan fingerprint density at radius 1 is 1.03 bits per heavy atom. The van der Waals surface area contributed by atoms with Crippen molar-refractivity contribution in [1.82, 2.24) is 0 Å². The first kappa shape index (κ1) is 20.6. The fourth-order valence-corrected chi connectivity index (χ4v) is 3.32. The predicted octanol–water partition coefficient (Wildman–Crippen LogP) is 3.69. The Labute approximate surface area is 170 Å². The molecule has 1 aliphatic heterocycles. The van der Waals surface area contributed by atoms with Crippen LogP contribution in [0.3, 0.4) is 0 Å². The van der Waals surface area contributed by atoms with Crippen LogP contribution in [0.15, 0.2) is 30.3 Å². The van der Waals surface area contributed by atoms with E-state index in [-0.39, 0.29) is 18.3 Å². The molecule has 0 spiro atoms. The lowest BCUT2D eigenvalue weighted by Crippen LogP contribution is -2.28. The maximum atomic E-state index is 12.7. The van der Waals surface area contributed by atoms with Gasteiger partial charge in [0.05, 0.1) is 0 Å². The summed E-state index contributed by atoms with van der Waals surface area (Å²) in [5.74, 6) is -0.338. The quantitative estimate of drug-likeness (QED) is 0.596. The number of Topliss-reactive ketones (excluding diaryl/α,β-unsaturated/α-hetero) is 1. The van der Waals surface area contributed by atoms with Crippen LogP contribution in [0.1, 0.15) is 46.0 Å². The van der Waals surface area contributed by atoms with E-state index in [1.165, 1.54) is 0 Å². The van der Waals surface area contributed by atoms with Gasteiger partial charge in [0, 0.05) is 17.7 Å². The van der Waals surface area contributed by atoms with Crippen LogP contribution in [-0.4, -0.2) is 30.4 Å². The highest BCUT2D eigenvalue weighted by atomic mass is 16.6. The Hall–Kier alpha value is -3.15. The Morgan fingerprint density at radius 2 is 1.76 bits per heavy atom. The number of fused-ring (bicyclic) bond motifs is 1. The molecule has 2 aromatic carbocycles. The second-order valence-corrected chi connectivity index (χ2v) is 7.40. The van der Waals surface area contributed by atoms with Gasteiger partial charge in [-0.05, 0) is 80.6 Å². The number of carbonyl (C=O) groups excluding carboxylic acids is 3. The summed E-state index contributed by atoms with van der Waals surface area (Å²) in [6, 6.07) is 9.03. The number of hydrogen-bond acceptors (Lipinski definition) is 5. The molecule has 6 heteroatoms. The Kier molecular flexibility index (Phi) is 6.01. The fraction of sp³-hybridized carbons (Fsp3) is 0.348. The first-order valence-electron chi connectivity index (χ1n) is 9.61. The van der Waals surface area contributed by atoms with Crippen molar-refractivity contribution in [3.8, 4) is 5.75 Å². The maximum absolute atomic E-state index is 12.7. The molecular formula is C23H25NO5. The van der Waals surface area contributed by atoms with Crippen molar-refractivity contribution >= 4 is 23.3 Å². The van der Waals surface area contributed by atoms with E-state index in [0.717, 1.165) is 27.9 Å². The molecule has 1 aliphatic rings. The van der Waals surface area contributed by atoms with E-state index < -0.39 is 12.1 Å². The number of carbonyl (C=O) groups is 3. The van der Waals surface area contributed by atoms with Crippen molar-refractivity contribution in [3.63, 3.8) is 0 Å². The molecule has 1 amide bonds. The van der Waals surface area contributed by atoms with Crippen LogP contribution >= 0.6 is 0 Å². The van der Waals surface area contributed by atoms with Gasteiger partial charge < -0.3 is 14.8 Å². The van der Waals surface area contributed by atoms with Crippen LogP contribution in [0, 0.1) is 20.8 Å². The van der Waals surface area contributed by atoms with Crippen molar-refractivity contribution in [2.75, 3.05) is 11.9 Å². The molecule has 0 radical (unpaired) electrons. The van der Waals surface area contributed by atoms with Crippen molar-refractivity contribution in [3.05, 3.63) is 58.1 Å². The van der Waals surface area contributed by atoms with Gasteiger partial charge in [-0.2, -0.15) is 0 Å². The first-order valence-corrected chi connectivity index (χ1v) is 9.61. The molecule has 0 unspecified atom stereocenters. The van der Waals surface area contributed by atoms with Crippen LogP contribution in [0.5, 0.6) is 5.75 Å². The zero-order chi connectivity index (χ0) is 21.1. The van der Waals surface area contributed by atoms with Crippen molar-refractivity contribution < 1.29 is 23.9 Å². The highest BCUT2D eigenvalue weighted by Gasteiger charge is 2.22. The highest BCUT2D eigenvalue weighted by Crippen LogP contribution is 2.26. The topological polar surface area (TPSA) is 81.7 Å². The van der Waals surface area contributed by atoms with Gasteiger partial charge in [0.25, 0.3) is 0 Å². The van der Waals surface area contributed by atoms with E-state index in [1.54, 1.807) is 25.1 Å². The number of nitrogens with one attached hydrogen (secondary N) is 1. The van der Waals surface area contributed by atoms with Gasteiger partial charge in [-0.15, -0.1) is 0 Å². The number of hydrogen-bond donors (Lipinski definition) is 1. The number of aryl methyl sites for hydroxylation is 4. The molecule has 2 aromatic rings. The largest absolute Gasteiger partial charge is 0.482 e. The minimum atomic E-state index is -0.898. The molecule has 0 aliphatic carbocycles. The lowest BCUT2D eigenvalue weighted by molar-refractivity contribution is -0.148. The molecule has 0 saturated heterocycles. The van der Waals surface area contributed by atoms with Gasteiger partial charge in [-0.3, -0.25) is 9.59 Å². The summed E-state index contributed by atoms with van der Waals surface area (Å²) < 4.78 is 10.8. The standard InChI is InChI=1S/C23H25NO5/c1-13-9-15(3)19(10-14(13)2)23(27)16(4)29-22(26)12-28-18-6-7-20-17(11-18)5-8-21(25)24-20/h6-7,9-11,16H,5,8,12H2,1-4H3,(H,24,25)/t16-/m0/s1. The predicted molar refractivity (Wildman–Crippen MR) is 109 cm³/mol. The molecule has 1 atom stereocenters. The summed E-state index contributed by atoms with van der Waals surface area (Å²) in [5.41, 5.74) is 5.28. The fourth-order valence-electron chi connectivity index (χ4n) is 3.32. The van der Waals surface area contributed by atoms with Gasteiger partial charge in [-0.1, -0.05) is 6.07 Å². The molecule has 3 rings (SSSR count). The molecule has 0 aromatic heterocycles. The minimum Gasteiger partial charge on any atom is -0.482 e. The van der Waals surface area contributed by atoms with E-state index in [2.05, 4.69) is 5.32 Å². The summed E-state index contributed by atoms with van der Waals surface area (Å²) in [6.45, 7) is 7.08. The summed E-state index contributed by atoms with van der Waals surface area (Å²) >= 11 is 0. The first-order chi connectivity index (χ1) is 13.7. The van der Waals surface area contributed by atoms with Crippen molar-refractivity contribution in [2.45, 2.75) is 46.6 Å². The maximum Gasteiger partial charge on any atom is 0.344 e. The van der Waals surface area contributed by atoms with E-state index >= 15 is 0 Å².